The zero-order valence-electron chi connectivity index (χ0n) is 12.3. The Balaban J connectivity index is 3.08. The van der Waals surface area contributed by atoms with Gasteiger partial charge in [-0.3, -0.25) is 4.79 Å². The average Bonchev–Trinajstić information content (AvgIpc) is 2.44. The third kappa shape index (κ3) is 3.63. The summed E-state index contributed by atoms with van der Waals surface area (Å²) in [6.45, 7) is 3.97. The lowest BCUT2D eigenvalue weighted by molar-refractivity contribution is -0.145. The van der Waals surface area contributed by atoms with Gasteiger partial charge >= 0.3 is 5.97 Å². The van der Waals surface area contributed by atoms with E-state index in [1.54, 1.807) is 14.2 Å². The Morgan fingerprint density at radius 1 is 1.21 bits per heavy atom. The van der Waals surface area contributed by atoms with Crippen LogP contribution >= 0.6 is 0 Å². The molecule has 19 heavy (non-hydrogen) atoms. The summed E-state index contributed by atoms with van der Waals surface area (Å²) in [6, 6.07) is 3.79. The van der Waals surface area contributed by atoms with Crippen molar-refractivity contribution in [3.63, 3.8) is 0 Å². The maximum absolute atomic E-state index is 11.7. The van der Waals surface area contributed by atoms with Gasteiger partial charge < -0.3 is 14.2 Å². The van der Waals surface area contributed by atoms with Crippen molar-refractivity contribution in [2.24, 2.45) is 5.92 Å². The molecular formula is C15H22O4. The van der Waals surface area contributed by atoms with E-state index in [0.717, 1.165) is 29.0 Å². The number of hydrogen-bond acceptors (Lipinski definition) is 4. The molecule has 0 aliphatic carbocycles. The van der Waals surface area contributed by atoms with Gasteiger partial charge in [0.2, 0.25) is 0 Å². The Hall–Kier alpha value is -1.71. The monoisotopic (exact) mass is 266 g/mol. The summed E-state index contributed by atoms with van der Waals surface area (Å²) < 4.78 is 15.4. The van der Waals surface area contributed by atoms with Crippen LogP contribution in [0.2, 0.25) is 0 Å². The second kappa shape index (κ2) is 7.02. The highest BCUT2D eigenvalue weighted by Gasteiger charge is 2.21. The van der Waals surface area contributed by atoms with E-state index in [-0.39, 0.29) is 11.9 Å². The molecule has 0 aliphatic rings. The predicted octanol–water partition coefficient (Wildman–Crippen LogP) is 2.75. The van der Waals surface area contributed by atoms with Crippen molar-refractivity contribution in [3.05, 3.63) is 23.3 Å². The van der Waals surface area contributed by atoms with Crippen LogP contribution in [0.3, 0.4) is 0 Å². The summed E-state index contributed by atoms with van der Waals surface area (Å²) in [7, 11) is 4.66. The molecule has 0 spiro atoms. The predicted molar refractivity (Wildman–Crippen MR) is 73.8 cm³/mol. The first-order valence-electron chi connectivity index (χ1n) is 6.36. The van der Waals surface area contributed by atoms with Gasteiger partial charge in [0.15, 0.2) is 0 Å². The molecule has 0 N–H and O–H groups in total. The molecule has 4 heteroatoms. The third-order valence-electron chi connectivity index (χ3n) is 3.34. The van der Waals surface area contributed by atoms with E-state index >= 15 is 0 Å². The van der Waals surface area contributed by atoms with Crippen LogP contribution in [-0.2, 0) is 16.0 Å². The van der Waals surface area contributed by atoms with E-state index in [4.69, 9.17) is 14.2 Å². The summed E-state index contributed by atoms with van der Waals surface area (Å²) in [4.78, 5) is 11.7. The van der Waals surface area contributed by atoms with Crippen LogP contribution in [0, 0.1) is 12.8 Å². The highest BCUT2D eigenvalue weighted by atomic mass is 16.5. The van der Waals surface area contributed by atoms with E-state index in [1.807, 2.05) is 26.0 Å². The third-order valence-corrected chi connectivity index (χ3v) is 3.34. The number of carbonyl (C=O) groups excluding carboxylic acids is 1. The number of carbonyl (C=O) groups is 1. The molecule has 1 aromatic rings. The minimum Gasteiger partial charge on any atom is -0.497 e. The molecule has 0 bridgehead atoms. The molecule has 106 valence electrons. The normalized spacial score (nSPS) is 11.8. The highest BCUT2D eigenvalue weighted by Crippen LogP contribution is 2.31. The van der Waals surface area contributed by atoms with Crippen molar-refractivity contribution in [2.75, 3.05) is 21.3 Å². The molecule has 4 nitrogen and oxygen atoms in total. The first-order chi connectivity index (χ1) is 9.07. The summed E-state index contributed by atoms with van der Waals surface area (Å²) >= 11 is 0. The fraction of sp³-hybridized carbons (Fsp3) is 0.533. The Labute approximate surface area is 114 Å². The van der Waals surface area contributed by atoms with Gasteiger partial charge in [-0.25, -0.2) is 0 Å². The fourth-order valence-electron chi connectivity index (χ4n) is 2.12. The Morgan fingerprint density at radius 2 is 1.89 bits per heavy atom. The maximum Gasteiger partial charge on any atom is 0.308 e. The number of methoxy groups -OCH3 is 3. The SMILES string of the molecule is CCC(Cc1c(C)cc(OC)cc1OC)C(=O)OC. The van der Waals surface area contributed by atoms with Crippen LogP contribution in [0.1, 0.15) is 24.5 Å². The molecule has 0 aliphatic heterocycles. The number of benzene rings is 1. The van der Waals surface area contributed by atoms with Gasteiger partial charge in [-0.05, 0) is 37.0 Å². The highest BCUT2D eigenvalue weighted by molar-refractivity contribution is 5.73. The van der Waals surface area contributed by atoms with Gasteiger partial charge in [0.25, 0.3) is 0 Å². The standard InChI is InChI=1S/C15H22O4/c1-6-11(15(16)19-5)8-13-10(2)7-12(17-3)9-14(13)18-4/h7,9,11H,6,8H2,1-5H3. The number of aryl methyl sites for hydroxylation is 1. The van der Waals surface area contributed by atoms with Crippen LogP contribution in [0.4, 0.5) is 0 Å². The summed E-state index contributed by atoms with van der Waals surface area (Å²) in [5.74, 6) is 1.18. The van der Waals surface area contributed by atoms with Gasteiger partial charge in [0.1, 0.15) is 11.5 Å². The Kier molecular flexibility index (Phi) is 5.67. The van der Waals surface area contributed by atoms with Gasteiger partial charge in [0.05, 0.1) is 27.2 Å². The molecular weight excluding hydrogens is 244 g/mol. The maximum atomic E-state index is 11.7. The van der Waals surface area contributed by atoms with Gasteiger partial charge in [0, 0.05) is 6.07 Å². The number of hydrogen-bond donors (Lipinski definition) is 0. The molecule has 0 aromatic heterocycles. The topological polar surface area (TPSA) is 44.8 Å². The van der Waals surface area contributed by atoms with Gasteiger partial charge in [-0.15, -0.1) is 0 Å². The van der Waals surface area contributed by atoms with Crippen molar-refractivity contribution in [3.8, 4) is 11.5 Å². The van der Waals surface area contributed by atoms with E-state index in [1.165, 1.54) is 7.11 Å². The van der Waals surface area contributed by atoms with E-state index < -0.39 is 0 Å². The van der Waals surface area contributed by atoms with Crippen LogP contribution in [0.15, 0.2) is 12.1 Å². The molecule has 1 aromatic carbocycles. The first kappa shape index (κ1) is 15.3. The zero-order valence-corrected chi connectivity index (χ0v) is 12.3. The number of esters is 1. The summed E-state index contributed by atoms with van der Waals surface area (Å²) in [5, 5.41) is 0. The molecule has 1 unspecified atom stereocenters. The lowest BCUT2D eigenvalue weighted by Crippen LogP contribution is -2.18. The van der Waals surface area contributed by atoms with Crippen LogP contribution < -0.4 is 9.47 Å². The smallest absolute Gasteiger partial charge is 0.308 e. The Bertz CT molecular complexity index is 440. The molecule has 0 saturated carbocycles. The lowest BCUT2D eigenvalue weighted by atomic mass is 9.93. The molecule has 0 amide bonds. The summed E-state index contributed by atoms with van der Waals surface area (Å²) in [6.07, 6.45) is 1.35. The molecule has 0 heterocycles. The van der Waals surface area contributed by atoms with Gasteiger partial charge in [-0.1, -0.05) is 6.92 Å². The summed E-state index contributed by atoms with van der Waals surface area (Å²) in [5.41, 5.74) is 2.08. The minimum atomic E-state index is -0.181. The van der Waals surface area contributed by atoms with Gasteiger partial charge in [-0.2, -0.15) is 0 Å². The van der Waals surface area contributed by atoms with Crippen LogP contribution in [-0.4, -0.2) is 27.3 Å². The molecule has 0 fully saturated rings. The zero-order chi connectivity index (χ0) is 14.4. The molecule has 1 rings (SSSR count). The number of rotatable bonds is 6. The second-order valence-corrected chi connectivity index (χ2v) is 4.46. The molecule has 0 radical (unpaired) electrons. The molecule has 0 saturated heterocycles. The first-order valence-corrected chi connectivity index (χ1v) is 6.36. The lowest BCUT2D eigenvalue weighted by Gasteiger charge is -2.17. The van der Waals surface area contributed by atoms with Crippen molar-refractivity contribution < 1.29 is 19.0 Å². The molecule has 1 atom stereocenters. The van der Waals surface area contributed by atoms with Crippen LogP contribution in [0.25, 0.3) is 0 Å². The van der Waals surface area contributed by atoms with Crippen LogP contribution in [0.5, 0.6) is 11.5 Å². The quantitative estimate of drug-likeness (QED) is 0.743. The fourth-order valence-corrected chi connectivity index (χ4v) is 2.12. The number of ether oxygens (including phenoxy) is 3. The van der Waals surface area contributed by atoms with Crippen molar-refractivity contribution >= 4 is 5.97 Å². The van der Waals surface area contributed by atoms with E-state index in [0.29, 0.717) is 6.42 Å². The largest absolute Gasteiger partial charge is 0.497 e. The Morgan fingerprint density at radius 3 is 2.37 bits per heavy atom. The van der Waals surface area contributed by atoms with Crippen molar-refractivity contribution in [1.82, 2.24) is 0 Å². The average molecular weight is 266 g/mol. The van der Waals surface area contributed by atoms with E-state index in [2.05, 4.69) is 0 Å². The van der Waals surface area contributed by atoms with Crippen molar-refractivity contribution in [1.29, 1.82) is 0 Å². The van der Waals surface area contributed by atoms with Crippen molar-refractivity contribution in [2.45, 2.75) is 26.7 Å². The van der Waals surface area contributed by atoms with E-state index in [9.17, 15) is 4.79 Å². The minimum absolute atomic E-state index is 0.147. The second-order valence-electron chi connectivity index (χ2n) is 4.46.